The maximum Gasteiger partial charge on any atom is 0.213 e. The van der Waals surface area contributed by atoms with E-state index in [1.807, 2.05) is 0 Å². The third-order valence-corrected chi connectivity index (χ3v) is 5.25. The summed E-state index contributed by atoms with van der Waals surface area (Å²) in [5, 5.41) is 0. The van der Waals surface area contributed by atoms with Crippen molar-refractivity contribution in [2.24, 2.45) is 7.05 Å². The number of aromatic nitrogens is 1. The smallest absolute Gasteiger partial charge is 0.201 e. The molecule has 4 rings (SSSR count). The molecule has 2 aromatic carbocycles. The fraction of sp³-hybridized carbons (Fsp3) is 0.261. The second-order valence-corrected chi connectivity index (χ2v) is 6.92. The number of rotatable bonds is 2. The third kappa shape index (κ3) is 2.75. The van der Waals surface area contributed by atoms with Crippen LogP contribution in [0.25, 0.3) is 22.4 Å². The van der Waals surface area contributed by atoms with E-state index in [-0.39, 0.29) is 0 Å². The lowest BCUT2D eigenvalue weighted by molar-refractivity contribution is -0.660. The summed E-state index contributed by atoms with van der Waals surface area (Å²) in [4.78, 5) is 0. The second kappa shape index (κ2) is 6.24. The molecule has 0 unspecified atom stereocenters. The van der Waals surface area contributed by atoms with E-state index in [1.54, 1.807) is 11.1 Å². The molecule has 1 aliphatic carbocycles. The van der Waals surface area contributed by atoms with Crippen LogP contribution in [0.15, 0.2) is 60.8 Å². The van der Waals surface area contributed by atoms with E-state index in [9.17, 15) is 0 Å². The molecular formula is C23H24N+. The van der Waals surface area contributed by atoms with Gasteiger partial charge in [0.05, 0.1) is 0 Å². The van der Waals surface area contributed by atoms with Crippen LogP contribution in [0.5, 0.6) is 0 Å². The molecule has 0 atom stereocenters. The van der Waals surface area contributed by atoms with E-state index >= 15 is 0 Å². The van der Waals surface area contributed by atoms with Gasteiger partial charge in [0.1, 0.15) is 7.05 Å². The number of benzene rings is 2. The highest BCUT2D eigenvalue weighted by atomic mass is 14.9. The van der Waals surface area contributed by atoms with Crippen LogP contribution < -0.4 is 4.57 Å². The predicted molar refractivity (Wildman–Crippen MR) is 99.9 cm³/mol. The summed E-state index contributed by atoms with van der Waals surface area (Å²) in [6.45, 7) is 2.18. The van der Waals surface area contributed by atoms with Crippen LogP contribution in [-0.2, 0) is 19.9 Å². The molecule has 1 heterocycles. The number of fused-ring (bicyclic) bond motifs is 1. The highest BCUT2D eigenvalue weighted by Gasteiger charge is 2.15. The Labute approximate surface area is 144 Å². The molecule has 0 N–H and O–H groups in total. The topological polar surface area (TPSA) is 3.88 Å². The molecule has 3 aromatic rings. The quantitative estimate of drug-likeness (QED) is 0.584. The van der Waals surface area contributed by atoms with Gasteiger partial charge in [-0.05, 0) is 66.5 Å². The SMILES string of the molecule is Cc1ccccc1-c1cc(-c2ccc3c(c2)CCCC3)cc[n+]1C. The molecule has 0 spiro atoms. The molecule has 1 heteroatoms. The molecule has 0 saturated heterocycles. The van der Waals surface area contributed by atoms with Gasteiger partial charge in [0.25, 0.3) is 0 Å². The predicted octanol–water partition coefficient (Wildman–Crippen LogP) is 5.03. The number of nitrogens with zero attached hydrogens (tertiary/aromatic N) is 1. The van der Waals surface area contributed by atoms with Gasteiger partial charge in [-0.2, -0.15) is 0 Å². The van der Waals surface area contributed by atoms with Crippen molar-refractivity contribution in [1.82, 2.24) is 0 Å². The van der Waals surface area contributed by atoms with E-state index in [0.29, 0.717) is 0 Å². The number of hydrogen-bond donors (Lipinski definition) is 0. The van der Waals surface area contributed by atoms with Gasteiger partial charge in [0.2, 0.25) is 5.69 Å². The molecule has 1 aromatic heterocycles. The first-order chi connectivity index (χ1) is 11.7. The van der Waals surface area contributed by atoms with Crippen LogP contribution in [0.4, 0.5) is 0 Å². The van der Waals surface area contributed by atoms with E-state index in [4.69, 9.17) is 0 Å². The van der Waals surface area contributed by atoms with Crippen LogP contribution in [-0.4, -0.2) is 0 Å². The lowest BCUT2D eigenvalue weighted by Gasteiger charge is -2.16. The molecule has 0 amide bonds. The van der Waals surface area contributed by atoms with Crippen molar-refractivity contribution in [1.29, 1.82) is 0 Å². The van der Waals surface area contributed by atoms with Crippen molar-refractivity contribution in [3.63, 3.8) is 0 Å². The highest BCUT2D eigenvalue weighted by Crippen LogP contribution is 2.29. The summed E-state index contributed by atoms with van der Waals surface area (Å²) in [6.07, 6.45) is 7.32. The number of pyridine rings is 1. The molecule has 0 aliphatic heterocycles. The lowest BCUT2D eigenvalue weighted by Crippen LogP contribution is -2.30. The Bertz CT molecular complexity index is 892. The molecule has 1 nitrogen and oxygen atoms in total. The lowest BCUT2D eigenvalue weighted by atomic mass is 9.89. The second-order valence-electron chi connectivity index (χ2n) is 6.92. The molecule has 0 radical (unpaired) electrons. The molecule has 1 aliphatic rings. The van der Waals surface area contributed by atoms with E-state index in [1.165, 1.54) is 53.6 Å². The maximum atomic E-state index is 2.41. The van der Waals surface area contributed by atoms with Crippen LogP contribution in [0.1, 0.15) is 29.5 Å². The molecule has 120 valence electrons. The molecule has 0 saturated carbocycles. The Balaban J connectivity index is 1.80. The zero-order chi connectivity index (χ0) is 16.5. The van der Waals surface area contributed by atoms with Crippen LogP contribution in [0.2, 0.25) is 0 Å². The first-order valence-corrected chi connectivity index (χ1v) is 8.90. The van der Waals surface area contributed by atoms with Gasteiger partial charge in [0, 0.05) is 17.7 Å². The summed E-state index contributed by atoms with van der Waals surface area (Å²) in [7, 11) is 2.12. The minimum Gasteiger partial charge on any atom is -0.201 e. The molecule has 24 heavy (non-hydrogen) atoms. The number of hydrogen-bond acceptors (Lipinski definition) is 0. The van der Waals surface area contributed by atoms with Crippen LogP contribution >= 0.6 is 0 Å². The Kier molecular flexibility index (Phi) is 3.93. The van der Waals surface area contributed by atoms with Gasteiger partial charge >= 0.3 is 0 Å². The average Bonchev–Trinajstić information content (AvgIpc) is 2.62. The summed E-state index contributed by atoms with van der Waals surface area (Å²) in [6, 6.07) is 20.2. The summed E-state index contributed by atoms with van der Waals surface area (Å²) in [5.41, 5.74) is 9.62. The van der Waals surface area contributed by atoms with Gasteiger partial charge in [-0.3, -0.25) is 0 Å². The Hall–Kier alpha value is -2.41. The van der Waals surface area contributed by atoms with Gasteiger partial charge in [0.15, 0.2) is 6.20 Å². The molecule has 0 bridgehead atoms. The Morgan fingerprint density at radius 3 is 2.38 bits per heavy atom. The van der Waals surface area contributed by atoms with Crippen molar-refractivity contribution in [2.45, 2.75) is 32.6 Å². The first kappa shape index (κ1) is 15.1. The first-order valence-electron chi connectivity index (χ1n) is 8.90. The average molecular weight is 314 g/mol. The largest absolute Gasteiger partial charge is 0.213 e. The number of aryl methyl sites for hydroxylation is 4. The fourth-order valence-corrected chi connectivity index (χ4v) is 3.79. The van der Waals surface area contributed by atoms with Crippen LogP contribution in [0, 0.1) is 6.92 Å². The van der Waals surface area contributed by atoms with Crippen molar-refractivity contribution < 1.29 is 4.57 Å². The zero-order valence-corrected chi connectivity index (χ0v) is 14.5. The Morgan fingerprint density at radius 2 is 1.54 bits per heavy atom. The summed E-state index contributed by atoms with van der Waals surface area (Å²) < 4.78 is 2.21. The van der Waals surface area contributed by atoms with Gasteiger partial charge < -0.3 is 0 Å². The van der Waals surface area contributed by atoms with Crippen molar-refractivity contribution in [2.75, 3.05) is 0 Å². The summed E-state index contributed by atoms with van der Waals surface area (Å²) >= 11 is 0. The van der Waals surface area contributed by atoms with E-state index in [2.05, 4.69) is 79.3 Å². The van der Waals surface area contributed by atoms with Gasteiger partial charge in [-0.25, -0.2) is 4.57 Å². The van der Waals surface area contributed by atoms with Gasteiger partial charge in [-0.1, -0.05) is 36.4 Å². The highest BCUT2D eigenvalue weighted by molar-refractivity contribution is 5.71. The van der Waals surface area contributed by atoms with Crippen molar-refractivity contribution in [3.8, 4) is 22.4 Å². The van der Waals surface area contributed by atoms with E-state index < -0.39 is 0 Å². The Morgan fingerprint density at radius 1 is 0.792 bits per heavy atom. The summed E-state index contributed by atoms with van der Waals surface area (Å²) in [5.74, 6) is 0. The zero-order valence-electron chi connectivity index (χ0n) is 14.5. The van der Waals surface area contributed by atoms with Gasteiger partial charge in [-0.15, -0.1) is 0 Å². The minimum absolute atomic E-state index is 1.23. The molecule has 0 fully saturated rings. The van der Waals surface area contributed by atoms with Crippen molar-refractivity contribution in [3.05, 3.63) is 77.5 Å². The minimum atomic E-state index is 1.23. The van der Waals surface area contributed by atoms with Crippen LogP contribution in [0.3, 0.4) is 0 Å². The maximum absolute atomic E-state index is 2.41. The van der Waals surface area contributed by atoms with Crippen molar-refractivity contribution >= 4 is 0 Å². The normalized spacial score (nSPS) is 13.6. The molecular weight excluding hydrogens is 290 g/mol. The monoisotopic (exact) mass is 314 g/mol. The standard InChI is InChI=1S/C23H24N/c1-17-7-3-6-10-22(17)23-16-21(13-14-24(23)2)20-12-11-18-8-4-5-9-19(18)15-20/h3,6-7,10-16H,4-5,8-9H2,1-2H3/q+1. The third-order valence-electron chi connectivity index (χ3n) is 5.25. The fourth-order valence-electron chi connectivity index (χ4n) is 3.79. The van der Waals surface area contributed by atoms with E-state index in [0.717, 1.165) is 0 Å².